The molecule has 5 atom stereocenters. The average molecular weight is 168 g/mol. The number of rotatable bonds is 1. The lowest BCUT2D eigenvalue weighted by molar-refractivity contribution is 0.0737. The Morgan fingerprint density at radius 2 is 1.50 bits per heavy atom. The largest absolute Gasteiger partial charge is 0.0651 e. The molecule has 0 aromatic carbocycles. The zero-order chi connectivity index (χ0) is 9.30. The Kier molecular flexibility index (Phi) is 3.20. The minimum atomic E-state index is 0.929. The molecule has 0 aromatic heterocycles. The number of hydrogen-bond acceptors (Lipinski definition) is 0. The summed E-state index contributed by atoms with van der Waals surface area (Å²) in [7, 11) is 0. The highest BCUT2D eigenvalue weighted by atomic mass is 14.4. The van der Waals surface area contributed by atoms with E-state index in [1.54, 1.807) is 0 Å². The molecule has 3 unspecified atom stereocenters. The summed E-state index contributed by atoms with van der Waals surface area (Å²) >= 11 is 0. The van der Waals surface area contributed by atoms with E-state index in [0.29, 0.717) is 0 Å². The monoisotopic (exact) mass is 168 g/mol. The quantitative estimate of drug-likeness (QED) is 0.556. The van der Waals surface area contributed by atoms with Crippen LogP contribution in [0, 0.1) is 29.6 Å². The van der Waals surface area contributed by atoms with Gasteiger partial charge in [0, 0.05) is 0 Å². The SMILES string of the molecule is CCC1CC(C)[C@H](C)C(C)[C@@H]1C. The van der Waals surface area contributed by atoms with E-state index in [4.69, 9.17) is 0 Å². The van der Waals surface area contributed by atoms with Gasteiger partial charge < -0.3 is 0 Å². The fourth-order valence-corrected chi connectivity index (χ4v) is 2.87. The standard InChI is InChI=1S/C12H24/c1-6-12-7-8(2)9(3)10(4)11(12)5/h8-12H,6-7H2,1-5H3/t8?,9-,10?,11-,12?/m0/s1. The van der Waals surface area contributed by atoms with Crippen LogP contribution in [-0.2, 0) is 0 Å². The highest BCUT2D eigenvalue weighted by molar-refractivity contribution is 4.84. The van der Waals surface area contributed by atoms with Gasteiger partial charge in [-0.3, -0.25) is 0 Å². The van der Waals surface area contributed by atoms with E-state index in [9.17, 15) is 0 Å². The van der Waals surface area contributed by atoms with Crippen LogP contribution < -0.4 is 0 Å². The Morgan fingerprint density at radius 1 is 0.917 bits per heavy atom. The first kappa shape index (κ1) is 10.1. The predicted octanol–water partition coefficient (Wildman–Crippen LogP) is 3.96. The zero-order valence-electron chi connectivity index (χ0n) is 9.30. The van der Waals surface area contributed by atoms with Gasteiger partial charge >= 0.3 is 0 Å². The average Bonchev–Trinajstić information content (AvgIpc) is 2.08. The summed E-state index contributed by atoms with van der Waals surface area (Å²) < 4.78 is 0. The lowest BCUT2D eigenvalue weighted by Crippen LogP contribution is -2.34. The lowest BCUT2D eigenvalue weighted by atomic mass is 9.63. The summed E-state index contributed by atoms with van der Waals surface area (Å²) in [6.45, 7) is 12.1. The van der Waals surface area contributed by atoms with Crippen LogP contribution in [0.5, 0.6) is 0 Å². The van der Waals surface area contributed by atoms with E-state index >= 15 is 0 Å². The maximum absolute atomic E-state index is 2.45. The fraction of sp³-hybridized carbons (Fsp3) is 1.00. The third-order valence-corrected chi connectivity index (χ3v) is 4.50. The van der Waals surface area contributed by atoms with Crippen LogP contribution in [0.25, 0.3) is 0 Å². The van der Waals surface area contributed by atoms with Crippen molar-refractivity contribution in [3.05, 3.63) is 0 Å². The van der Waals surface area contributed by atoms with Crippen LogP contribution in [0.15, 0.2) is 0 Å². The highest BCUT2D eigenvalue weighted by Gasteiger charge is 2.34. The molecule has 1 saturated carbocycles. The summed E-state index contributed by atoms with van der Waals surface area (Å²) in [6.07, 6.45) is 2.84. The minimum Gasteiger partial charge on any atom is -0.0651 e. The summed E-state index contributed by atoms with van der Waals surface area (Å²) in [5, 5.41) is 0. The van der Waals surface area contributed by atoms with Crippen molar-refractivity contribution in [3.63, 3.8) is 0 Å². The minimum absolute atomic E-state index is 0.929. The Hall–Kier alpha value is 0. The van der Waals surface area contributed by atoms with E-state index in [1.165, 1.54) is 12.8 Å². The van der Waals surface area contributed by atoms with Crippen LogP contribution in [0.1, 0.15) is 47.5 Å². The lowest BCUT2D eigenvalue weighted by Gasteiger charge is -2.42. The first-order chi connectivity index (χ1) is 5.57. The number of hydrogen-bond donors (Lipinski definition) is 0. The molecule has 0 heteroatoms. The maximum atomic E-state index is 2.45. The molecule has 0 spiro atoms. The molecule has 1 aliphatic carbocycles. The highest BCUT2D eigenvalue weighted by Crippen LogP contribution is 2.42. The zero-order valence-corrected chi connectivity index (χ0v) is 9.30. The van der Waals surface area contributed by atoms with Crippen molar-refractivity contribution in [3.8, 4) is 0 Å². The van der Waals surface area contributed by atoms with Gasteiger partial charge in [-0.2, -0.15) is 0 Å². The van der Waals surface area contributed by atoms with Crippen molar-refractivity contribution in [2.75, 3.05) is 0 Å². The molecule has 0 nitrogen and oxygen atoms in total. The van der Waals surface area contributed by atoms with Gasteiger partial charge in [0.25, 0.3) is 0 Å². The Labute approximate surface area is 77.7 Å². The molecule has 12 heavy (non-hydrogen) atoms. The molecular formula is C12H24. The topological polar surface area (TPSA) is 0 Å². The van der Waals surface area contributed by atoms with Gasteiger partial charge in [0.05, 0.1) is 0 Å². The van der Waals surface area contributed by atoms with Gasteiger partial charge in [-0.25, -0.2) is 0 Å². The molecule has 1 aliphatic rings. The van der Waals surface area contributed by atoms with Crippen LogP contribution >= 0.6 is 0 Å². The first-order valence-electron chi connectivity index (χ1n) is 5.57. The molecule has 0 saturated heterocycles. The van der Waals surface area contributed by atoms with Gasteiger partial charge in [0.15, 0.2) is 0 Å². The molecule has 0 aliphatic heterocycles. The third-order valence-electron chi connectivity index (χ3n) is 4.50. The molecule has 0 bridgehead atoms. The second-order valence-electron chi connectivity index (χ2n) is 4.96. The normalized spacial score (nSPS) is 49.2. The van der Waals surface area contributed by atoms with E-state index in [0.717, 1.165) is 29.6 Å². The van der Waals surface area contributed by atoms with Gasteiger partial charge in [-0.1, -0.05) is 41.0 Å². The van der Waals surface area contributed by atoms with Crippen molar-refractivity contribution in [2.24, 2.45) is 29.6 Å². The summed E-state index contributed by atoms with van der Waals surface area (Å²) in [6, 6.07) is 0. The summed E-state index contributed by atoms with van der Waals surface area (Å²) in [5.74, 6) is 4.75. The smallest absolute Gasteiger partial charge is 0.0386 e. The third kappa shape index (κ3) is 1.67. The van der Waals surface area contributed by atoms with Crippen molar-refractivity contribution >= 4 is 0 Å². The van der Waals surface area contributed by atoms with Crippen molar-refractivity contribution < 1.29 is 0 Å². The van der Waals surface area contributed by atoms with E-state index in [2.05, 4.69) is 34.6 Å². The summed E-state index contributed by atoms with van der Waals surface area (Å²) in [5.41, 5.74) is 0. The molecule has 1 rings (SSSR count). The van der Waals surface area contributed by atoms with E-state index in [1.807, 2.05) is 0 Å². The van der Waals surface area contributed by atoms with Crippen LogP contribution in [0.4, 0.5) is 0 Å². The van der Waals surface area contributed by atoms with Gasteiger partial charge in [-0.05, 0) is 36.0 Å². The Bertz CT molecular complexity index is 134. The first-order valence-corrected chi connectivity index (χ1v) is 5.57. The van der Waals surface area contributed by atoms with Gasteiger partial charge in [0.1, 0.15) is 0 Å². The second-order valence-corrected chi connectivity index (χ2v) is 4.96. The molecule has 1 fully saturated rings. The summed E-state index contributed by atoms with van der Waals surface area (Å²) in [4.78, 5) is 0. The Morgan fingerprint density at radius 3 is 2.00 bits per heavy atom. The fourth-order valence-electron chi connectivity index (χ4n) is 2.87. The van der Waals surface area contributed by atoms with Gasteiger partial charge in [-0.15, -0.1) is 0 Å². The van der Waals surface area contributed by atoms with E-state index < -0.39 is 0 Å². The maximum Gasteiger partial charge on any atom is -0.0386 e. The molecular weight excluding hydrogens is 144 g/mol. The molecule has 0 N–H and O–H groups in total. The predicted molar refractivity (Wildman–Crippen MR) is 55.1 cm³/mol. The van der Waals surface area contributed by atoms with Gasteiger partial charge in [0.2, 0.25) is 0 Å². The van der Waals surface area contributed by atoms with Crippen LogP contribution in [-0.4, -0.2) is 0 Å². The second kappa shape index (κ2) is 3.81. The molecule has 0 aromatic rings. The molecule has 0 heterocycles. The molecule has 0 amide bonds. The molecule has 0 radical (unpaired) electrons. The van der Waals surface area contributed by atoms with E-state index in [-0.39, 0.29) is 0 Å². The van der Waals surface area contributed by atoms with Crippen LogP contribution in [0.2, 0.25) is 0 Å². The van der Waals surface area contributed by atoms with Crippen LogP contribution in [0.3, 0.4) is 0 Å². The van der Waals surface area contributed by atoms with Crippen molar-refractivity contribution in [1.82, 2.24) is 0 Å². The van der Waals surface area contributed by atoms with Crippen molar-refractivity contribution in [2.45, 2.75) is 47.5 Å². The molecule has 72 valence electrons. The van der Waals surface area contributed by atoms with Crippen molar-refractivity contribution in [1.29, 1.82) is 0 Å². The Balaban J connectivity index is 2.63.